The van der Waals surface area contributed by atoms with Crippen LogP contribution >= 0.6 is 0 Å². The molecule has 0 fully saturated rings. The molecule has 1 unspecified atom stereocenters. The second-order valence-corrected chi connectivity index (χ2v) is 7.91. The summed E-state index contributed by atoms with van der Waals surface area (Å²) in [5.74, 6) is 1.22. The van der Waals surface area contributed by atoms with Gasteiger partial charge in [0.25, 0.3) is 0 Å². The van der Waals surface area contributed by atoms with Crippen molar-refractivity contribution in [2.45, 2.75) is 103 Å². The Bertz CT molecular complexity index is 336. The van der Waals surface area contributed by atoms with Crippen molar-refractivity contribution in [2.24, 2.45) is 4.99 Å². The lowest BCUT2D eigenvalue weighted by Gasteiger charge is -2.27. The zero-order valence-corrected chi connectivity index (χ0v) is 19.1. The first-order chi connectivity index (χ1) is 11.7. The van der Waals surface area contributed by atoms with Gasteiger partial charge in [-0.1, -0.05) is 90.4 Å². The number of amidine groups is 1. The number of halogens is 1. The average molecular weight is 466 g/mol. The topological polar surface area (TPSA) is 32.6 Å². The number of aliphatic hydroxyl groups is 1. The molecule has 1 rings (SSSR count). The molecule has 0 saturated heterocycles. The van der Waals surface area contributed by atoms with Gasteiger partial charge < -0.3 is 29.1 Å². The average Bonchev–Trinajstić information content (AvgIpc) is 2.96. The first kappa shape index (κ1) is 25.3. The van der Waals surface area contributed by atoms with E-state index in [9.17, 15) is 5.11 Å². The second kappa shape index (κ2) is 16.5. The lowest BCUT2D eigenvalue weighted by Crippen LogP contribution is -3.00. The highest BCUT2D eigenvalue weighted by atomic mass is 127. The second-order valence-electron chi connectivity index (χ2n) is 7.91. The third-order valence-corrected chi connectivity index (χ3v) is 5.58. The van der Waals surface area contributed by atoms with E-state index in [1.165, 1.54) is 95.7 Å². The molecule has 1 heterocycles. The lowest BCUT2D eigenvalue weighted by molar-refractivity contribution is -0.836. The van der Waals surface area contributed by atoms with Crippen molar-refractivity contribution in [3.05, 3.63) is 0 Å². The Kier molecular flexibility index (Phi) is 16.7. The molecule has 0 bridgehead atoms. The molecule has 1 N–H and O–H groups in total. The van der Waals surface area contributed by atoms with E-state index in [1.807, 2.05) is 0 Å². The van der Waals surface area contributed by atoms with Crippen LogP contribution in [0.5, 0.6) is 0 Å². The SMILES string of the molecule is CCCCCCCCCCCCCCCCC1=NCC[N+]1(C)CO.[I-]. The zero-order valence-electron chi connectivity index (χ0n) is 16.9. The Labute approximate surface area is 174 Å². The minimum absolute atomic E-state index is 0. The highest BCUT2D eigenvalue weighted by molar-refractivity contribution is 5.76. The normalized spacial score (nSPS) is 19.7. The van der Waals surface area contributed by atoms with Gasteiger partial charge in [-0.05, 0) is 6.42 Å². The molecule has 0 aromatic heterocycles. The largest absolute Gasteiger partial charge is 1.00 e. The van der Waals surface area contributed by atoms with Crippen molar-refractivity contribution in [2.75, 3.05) is 26.9 Å². The monoisotopic (exact) mass is 466 g/mol. The smallest absolute Gasteiger partial charge is 0.200 e. The fraction of sp³-hybridized carbons (Fsp3) is 0.952. The maximum Gasteiger partial charge on any atom is 0.200 e. The van der Waals surface area contributed by atoms with Crippen molar-refractivity contribution in [3.63, 3.8) is 0 Å². The number of likely N-dealkylation sites (N-methyl/N-ethyl adjacent to an activating group) is 1. The van der Waals surface area contributed by atoms with Gasteiger partial charge in [-0.15, -0.1) is 0 Å². The van der Waals surface area contributed by atoms with Crippen LogP contribution in [-0.2, 0) is 0 Å². The summed E-state index contributed by atoms with van der Waals surface area (Å²) in [6, 6.07) is 0. The van der Waals surface area contributed by atoms with Crippen molar-refractivity contribution >= 4 is 5.84 Å². The Balaban J connectivity index is 0.00000576. The number of aliphatic imine (C=N–C) groups is 1. The molecule has 0 aliphatic carbocycles. The molecule has 4 heteroatoms. The molecule has 1 aliphatic rings. The molecule has 0 radical (unpaired) electrons. The summed E-state index contributed by atoms with van der Waals surface area (Å²) in [5.41, 5.74) is 0. The molecule has 1 atom stereocenters. The number of quaternary nitrogens is 1. The van der Waals surface area contributed by atoms with Crippen molar-refractivity contribution < 1.29 is 33.6 Å². The van der Waals surface area contributed by atoms with Crippen LogP contribution in [0, 0.1) is 0 Å². The minimum Gasteiger partial charge on any atom is -1.00 e. The van der Waals surface area contributed by atoms with E-state index in [0.717, 1.165) is 19.5 Å². The van der Waals surface area contributed by atoms with Gasteiger partial charge in [0.2, 0.25) is 0 Å². The predicted octanol–water partition coefficient (Wildman–Crippen LogP) is 2.67. The molecule has 1 aliphatic heterocycles. The minimum atomic E-state index is 0. The number of hydrogen-bond acceptors (Lipinski definition) is 2. The van der Waals surface area contributed by atoms with Crippen LogP contribution in [-0.4, -0.2) is 42.3 Å². The van der Waals surface area contributed by atoms with E-state index in [-0.39, 0.29) is 30.7 Å². The molecular formula is C21H43IN2O. The van der Waals surface area contributed by atoms with Gasteiger partial charge in [-0.2, -0.15) is 0 Å². The van der Waals surface area contributed by atoms with E-state index >= 15 is 0 Å². The molecule has 0 amide bonds. The number of unbranched alkanes of at least 4 members (excludes halogenated alkanes) is 13. The van der Waals surface area contributed by atoms with Crippen LogP contribution in [0.3, 0.4) is 0 Å². The van der Waals surface area contributed by atoms with Crippen LogP contribution in [0.2, 0.25) is 0 Å². The van der Waals surface area contributed by atoms with E-state index in [4.69, 9.17) is 0 Å². The predicted molar refractivity (Wildman–Crippen MR) is 105 cm³/mol. The Hall–Kier alpha value is 0.320. The fourth-order valence-corrected chi connectivity index (χ4v) is 3.68. The number of rotatable bonds is 16. The summed E-state index contributed by atoms with van der Waals surface area (Å²) < 4.78 is 0.665. The third kappa shape index (κ3) is 11.6. The maximum atomic E-state index is 9.50. The summed E-state index contributed by atoms with van der Waals surface area (Å²) in [6.45, 7) is 4.36. The molecule has 0 spiro atoms. The highest BCUT2D eigenvalue weighted by Gasteiger charge is 2.31. The van der Waals surface area contributed by atoms with Gasteiger partial charge in [-0.3, -0.25) is 4.48 Å². The van der Waals surface area contributed by atoms with Gasteiger partial charge in [0.15, 0.2) is 12.6 Å². The molecule has 0 aromatic carbocycles. The van der Waals surface area contributed by atoms with Crippen LogP contribution in [0.15, 0.2) is 4.99 Å². The van der Waals surface area contributed by atoms with Crippen molar-refractivity contribution in [1.82, 2.24) is 0 Å². The summed E-state index contributed by atoms with van der Waals surface area (Å²) in [4.78, 5) is 4.59. The van der Waals surface area contributed by atoms with Crippen molar-refractivity contribution in [1.29, 1.82) is 0 Å². The molecule has 150 valence electrons. The van der Waals surface area contributed by atoms with Gasteiger partial charge in [-0.25, -0.2) is 4.99 Å². The Morgan fingerprint density at radius 2 is 1.24 bits per heavy atom. The van der Waals surface area contributed by atoms with Crippen LogP contribution in [0.1, 0.15) is 103 Å². The zero-order chi connectivity index (χ0) is 17.5. The van der Waals surface area contributed by atoms with Crippen LogP contribution in [0.25, 0.3) is 0 Å². The highest BCUT2D eigenvalue weighted by Crippen LogP contribution is 2.17. The van der Waals surface area contributed by atoms with Crippen LogP contribution < -0.4 is 24.0 Å². The van der Waals surface area contributed by atoms with Gasteiger partial charge in [0.1, 0.15) is 6.54 Å². The van der Waals surface area contributed by atoms with Crippen molar-refractivity contribution in [3.8, 4) is 0 Å². The lowest BCUT2D eigenvalue weighted by atomic mass is 10.0. The maximum absolute atomic E-state index is 9.50. The summed E-state index contributed by atoms with van der Waals surface area (Å²) in [5, 5.41) is 9.50. The summed E-state index contributed by atoms with van der Waals surface area (Å²) >= 11 is 0. The fourth-order valence-electron chi connectivity index (χ4n) is 3.68. The molecule has 3 nitrogen and oxygen atoms in total. The van der Waals surface area contributed by atoms with Gasteiger partial charge in [0.05, 0.1) is 13.6 Å². The van der Waals surface area contributed by atoms with E-state index < -0.39 is 0 Å². The first-order valence-electron chi connectivity index (χ1n) is 10.7. The Morgan fingerprint density at radius 1 is 0.800 bits per heavy atom. The van der Waals surface area contributed by atoms with E-state index in [0.29, 0.717) is 4.48 Å². The number of aliphatic hydroxyl groups excluding tert-OH is 1. The van der Waals surface area contributed by atoms with E-state index in [1.54, 1.807) is 0 Å². The third-order valence-electron chi connectivity index (χ3n) is 5.58. The van der Waals surface area contributed by atoms with Gasteiger partial charge in [0, 0.05) is 6.42 Å². The standard InChI is InChI=1S/C21H43N2O.HI/c1-3-4-5-6-7-8-9-10-11-12-13-14-15-16-17-21-22-18-19-23(21,2)20-24;/h24H,3-20H2,1-2H3;1H/q+1;/p-1. The van der Waals surface area contributed by atoms with E-state index in [2.05, 4.69) is 19.0 Å². The summed E-state index contributed by atoms with van der Waals surface area (Å²) in [6.07, 6.45) is 20.7. The molecule has 0 aromatic rings. The number of hydrogen-bond donors (Lipinski definition) is 1. The quantitative estimate of drug-likeness (QED) is 0.212. The molecule has 25 heavy (non-hydrogen) atoms. The van der Waals surface area contributed by atoms with Gasteiger partial charge >= 0.3 is 0 Å². The number of nitrogens with zero attached hydrogens (tertiary/aromatic N) is 2. The Morgan fingerprint density at radius 3 is 1.68 bits per heavy atom. The first-order valence-corrected chi connectivity index (χ1v) is 10.7. The molecular weight excluding hydrogens is 423 g/mol. The summed E-state index contributed by atoms with van der Waals surface area (Å²) in [7, 11) is 2.11. The molecule has 0 saturated carbocycles. The van der Waals surface area contributed by atoms with Crippen LogP contribution in [0.4, 0.5) is 0 Å².